The highest BCUT2D eigenvalue weighted by Gasteiger charge is 2.07. The van der Waals surface area contributed by atoms with Crippen molar-refractivity contribution in [2.75, 3.05) is 12.8 Å². The summed E-state index contributed by atoms with van der Waals surface area (Å²) < 4.78 is 7.07. The highest BCUT2D eigenvalue weighted by atomic mass is 16.5. The van der Waals surface area contributed by atoms with Crippen molar-refractivity contribution in [3.8, 4) is 5.75 Å². The zero-order chi connectivity index (χ0) is 13.2. The van der Waals surface area contributed by atoms with Gasteiger partial charge in [0.2, 0.25) is 0 Å². The predicted octanol–water partition coefficient (Wildman–Crippen LogP) is 2.68. The summed E-state index contributed by atoms with van der Waals surface area (Å²) in [5, 5.41) is 5.39. The van der Waals surface area contributed by atoms with Gasteiger partial charge in [0.15, 0.2) is 5.82 Å². The maximum atomic E-state index is 5.92. The average Bonchev–Trinajstić information content (AvgIpc) is 2.77. The second kappa shape index (κ2) is 4.65. The summed E-state index contributed by atoms with van der Waals surface area (Å²) in [4.78, 5) is 0. The highest BCUT2D eigenvalue weighted by molar-refractivity contribution is 5.89. The molecule has 0 fully saturated rings. The smallest absolute Gasteiger partial charge is 0.153 e. The largest absolute Gasteiger partial charge is 0.497 e. The molecule has 4 nitrogen and oxygen atoms in total. The van der Waals surface area contributed by atoms with Gasteiger partial charge in [-0.15, -0.1) is 0 Å². The minimum Gasteiger partial charge on any atom is -0.497 e. The molecule has 0 bridgehead atoms. The van der Waals surface area contributed by atoms with Crippen molar-refractivity contribution < 1.29 is 4.74 Å². The van der Waals surface area contributed by atoms with Crippen molar-refractivity contribution in [1.29, 1.82) is 0 Å². The SMILES string of the molecule is COc1ccc(Cn2nc(N)c3ccccc32)cc1. The molecule has 2 N–H and O–H groups in total. The van der Waals surface area contributed by atoms with Crippen LogP contribution in [0.5, 0.6) is 5.75 Å². The number of aromatic nitrogens is 2. The van der Waals surface area contributed by atoms with Crippen molar-refractivity contribution in [2.24, 2.45) is 0 Å². The fourth-order valence-corrected chi connectivity index (χ4v) is 2.18. The van der Waals surface area contributed by atoms with Crippen molar-refractivity contribution in [3.63, 3.8) is 0 Å². The third kappa shape index (κ3) is 2.12. The van der Waals surface area contributed by atoms with Gasteiger partial charge in [-0.05, 0) is 29.8 Å². The quantitative estimate of drug-likeness (QED) is 0.780. The van der Waals surface area contributed by atoms with Crippen LogP contribution in [0.1, 0.15) is 5.56 Å². The van der Waals surface area contributed by atoms with Crippen LogP contribution in [-0.2, 0) is 6.54 Å². The van der Waals surface area contributed by atoms with Crippen molar-refractivity contribution >= 4 is 16.7 Å². The first-order valence-corrected chi connectivity index (χ1v) is 6.12. The van der Waals surface area contributed by atoms with Crippen LogP contribution in [-0.4, -0.2) is 16.9 Å². The van der Waals surface area contributed by atoms with Gasteiger partial charge in [-0.2, -0.15) is 5.10 Å². The van der Waals surface area contributed by atoms with Gasteiger partial charge >= 0.3 is 0 Å². The summed E-state index contributed by atoms with van der Waals surface area (Å²) in [6, 6.07) is 15.9. The van der Waals surface area contributed by atoms with Crippen LogP contribution >= 0.6 is 0 Å². The molecule has 0 aliphatic heterocycles. The van der Waals surface area contributed by atoms with Crippen LogP contribution in [0.4, 0.5) is 5.82 Å². The standard InChI is InChI=1S/C15H15N3O/c1-19-12-8-6-11(7-9-12)10-18-14-5-3-2-4-13(14)15(16)17-18/h2-9H,10H2,1H3,(H2,16,17). The topological polar surface area (TPSA) is 53.1 Å². The lowest BCUT2D eigenvalue weighted by Gasteiger charge is -2.05. The molecule has 0 amide bonds. The molecule has 0 spiro atoms. The Bertz CT molecular complexity index is 701. The van der Waals surface area contributed by atoms with Gasteiger partial charge in [-0.25, -0.2) is 0 Å². The molecular formula is C15H15N3O. The van der Waals surface area contributed by atoms with Crippen molar-refractivity contribution in [1.82, 2.24) is 9.78 Å². The molecule has 0 saturated carbocycles. The molecule has 1 aromatic heterocycles. The van der Waals surface area contributed by atoms with E-state index in [-0.39, 0.29) is 0 Å². The van der Waals surface area contributed by atoms with Gasteiger partial charge in [0.1, 0.15) is 5.75 Å². The summed E-state index contributed by atoms with van der Waals surface area (Å²) in [5.41, 5.74) is 8.14. The Hall–Kier alpha value is -2.49. The van der Waals surface area contributed by atoms with E-state index < -0.39 is 0 Å². The third-order valence-corrected chi connectivity index (χ3v) is 3.18. The van der Waals surface area contributed by atoms with E-state index in [2.05, 4.69) is 5.10 Å². The van der Waals surface area contributed by atoms with Crippen LogP contribution in [0.3, 0.4) is 0 Å². The fourth-order valence-electron chi connectivity index (χ4n) is 2.18. The fraction of sp³-hybridized carbons (Fsp3) is 0.133. The van der Waals surface area contributed by atoms with E-state index in [1.54, 1.807) is 7.11 Å². The number of nitrogens with zero attached hydrogens (tertiary/aromatic N) is 2. The number of para-hydroxylation sites is 1. The molecule has 0 saturated heterocycles. The molecule has 1 heterocycles. The number of anilines is 1. The van der Waals surface area contributed by atoms with E-state index in [0.29, 0.717) is 12.4 Å². The molecule has 0 unspecified atom stereocenters. The van der Waals surface area contributed by atoms with E-state index in [1.165, 1.54) is 0 Å². The predicted molar refractivity (Wildman–Crippen MR) is 76.2 cm³/mol. The minimum atomic E-state index is 0.573. The molecule has 0 radical (unpaired) electrons. The second-order valence-corrected chi connectivity index (χ2v) is 4.41. The van der Waals surface area contributed by atoms with Crippen LogP contribution < -0.4 is 10.5 Å². The summed E-state index contributed by atoms with van der Waals surface area (Å²) in [5.74, 6) is 1.43. The normalized spacial score (nSPS) is 10.8. The van der Waals surface area contributed by atoms with E-state index >= 15 is 0 Å². The molecule has 96 valence electrons. The minimum absolute atomic E-state index is 0.573. The Morgan fingerprint density at radius 2 is 1.84 bits per heavy atom. The molecular weight excluding hydrogens is 238 g/mol. The molecule has 3 aromatic rings. The monoisotopic (exact) mass is 253 g/mol. The Labute approximate surface area is 111 Å². The number of hydrogen-bond donors (Lipinski definition) is 1. The lowest BCUT2D eigenvalue weighted by Crippen LogP contribution is -2.02. The van der Waals surface area contributed by atoms with Crippen LogP contribution in [0.25, 0.3) is 10.9 Å². The lowest BCUT2D eigenvalue weighted by molar-refractivity contribution is 0.414. The third-order valence-electron chi connectivity index (χ3n) is 3.18. The van der Waals surface area contributed by atoms with Crippen LogP contribution in [0.15, 0.2) is 48.5 Å². The van der Waals surface area contributed by atoms with Gasteiger partial charge in [0, 0.05) is 5.39 Å². The van der Waals surface area contributed by atoms with E-state index in [0.717, 1.165) is 22.2 Å². The van der Waals surface area contributed by atoms with Gasteiger partial charge < -0.3 is 10.5 Å². The molecule has 0 aliphatic rings. The van der Waals surface area contributed by atoms with Gasteiger partial charge in [-0.1, -0.05) is 24.3 Å². The highest BCUT2D eigenvalue weighted by Crippen LogP contribution is 2.21. The van der Waals surface area contributed by atoms with Gasteiger partial charge in [0.25, 0.3) is 0 Å². The second-order valence-electron chi connectivity index (χ2n) is 4.41. The van der Waals surface area contributed by atoms with Crippen molar-refractivity contribution in [3.05, 3.63) is 54.1 Å². The number of ether oxygens (including phenoxy) is 1. The summed E-state index contributed by atoms with van der Waals surface area (Å²) in [6.07, 6.45) is 0. The Morgan fingerprint density at radius 3 is 2.58 bits per heavy atom. The summed E-state index contributed by atoms with van der Waals surface area (Å²) in [7, 11) is 1.66. The maximum absolute atomic E-state index is 5.92. The average molecular weight is 253 g/mol. The maximum Gasteiger partial charge on any atom is 0.153 e. The van der Waals surface area contributed by atoms with Gasteiger partial charge in [0.05, 0.1) is 19.2 Å². The lowest BCUT2D eigenvalue weighted by atomic mass is 10.2. The number of nitrogen functional groups attached to an aromatic ring is 1. The Morgan fingerprint density at radius 1 is 1.11 bits per heavy atom. The summed E-state index contributed by atoms with van der Waals surface area (Å²) >= 11 is 0. The number of fused-ring (bicyclic) bond motifs is 1. The molecule has 0 atom stereocenters. The zero-order valence-electron chi connectivity index (χ0n) is 10.7. The number of methoxy groups -OCH3 is 1. The first-order chi connectivity index (χ1) is 9.28. The molecule has 0 aliphatic carbocycles. The van der Waals surface area contributed by atoms with Crippen LogP contribution in [0.2, 0.25) is 0 Å². The van der Waals surface area contributed by atoms with Gasteiger partial charge in [-0.3, -0.25) is 4.68 Å². The molecule has 2 aromatic carbocycles. The first-order valence-electron chi connectivity index (χ1n) is 6.12. The van der Waals surface area contributed by atoms with E-state index in [9.17, 15) is 0 Å². The molecule has 3 rings (SSSR count). The number of benzene rings is 2. The van der Waals surface area contributed by atoms with E-state index in [4.69, 9.17) is 10.5 Å². The van der Waals surface area contributed by atoms with Crippen LogP contribution in [0, 0.1) is 0 Å². The molecule has 19 heavy (non-hydrogen) atoms. The Kier molecular flexibility index (Phi) is 2.83. The first kappa shape index (κ1) is 11.6. The number of rotatable bonds is 3. The Balaban J connectivity index is 1.96. The number of hydrogen-bond acceptors (Lipinski definition) is 3. The number of nitrogens with two attached hydrogens (primary N) is 1. The summed E-state index contributed by atoms with van der Waals surface area (Å²) in [6.45, 7) is 0.696. The van der Waals surface area contributed by atoms with Crippen molar-refractivity contribution in [2.45, 2.75) is 6.54 Å². The van der Waals surface area contributed by atoms with E-state index in [1.807, 2.05) is 53.2 Å². The molecule has 4 heteroatoms. The zero-order valence-corrected chi connectivity index (χ0v) is 10.7.